The van der Waals surface area contributed by atoms with Crippen molar-refractivity contribution >= 4 is 5.91 Å². The summed E-state index contributed by atoms with van der Waals surface area (Å²) in [5, 5.41) is 3.65. The molecule has 1 aliphatic rings. The molecule has 7 heteroatoms. The molecule has 0 aromatic carbocycles. The monoisotopic (exact) mass is 239 g/mol. The van der Waals surface area contributed by atoms with E-state index in [0.717, 1.165) is 25.9 Å². The van der Waals surface area contributed by atoms with E-state index >= 15 is 0 Å². The van der Waals surface area contributed by atoms with E-state index in [-0.39, 0.29) is 5.69 Å². The third-order valence-electron chi connectivity index (χ3n) is 2.93. The molecule has 1 aliphatic heterocycles. The molecule has 7 nitrogen and oxygen atoms in total. The highest BCUT2D eigenvalue weighted by Crippen LogP contribution is 2.13. The zero-order valence-corrected chi connectivity index (χ0v) is 9.56. The van der Waals surface area contributed by atoms with Gasteiger partial charge >= 0.3 is 0 Å². The van der Waals surface area contributed by atoms with Gasteiger partial charge in [0.15, 0.2) is 11.5 Å². The Bertz CT molecular complexity index is 384. The second-order valence-corrected chi connectivity index (χ2v) is 4.27. The molecule has 0 radical (unpaired) electrons. The van der Waals surface area contributed by atoms with Gasteiger partial charge in [0.05, 0.1) is 6.54 Å². The van der Waals surface area contributed by atoms with E-state index in [1.807, 2.05) is 5.43 Å². The van der Waals surface area contributed by atoms with E-state index in [2.05, 4.69) is 10.1 Å². The molecular weight excluding hydrogens is 222 g/mol. The van der Waals surface area contributed by atoms with Crippen LogP contribution in [0, 0.1) is 0 Å². The van der Waals surface area contributed by atoms with Crippen LogP contribution in [0.5, 0.6) is 0 Å². The molecule has 1 fully saturated rings. The van der Waals surface area contributed by atoms with Crippen molar-refractivity contribution in [1.82, 2.24) is 15.5 Å². The van der Waals surface area contributed by atoms with Gasteiger partial charge in [-0.15, -0.1) is 0 Å². The topological polar surface area (TPSA) is 110 Å². The maximum absolute atomic E-state index is 11.2. The van der Waals surface area contributed by atoms with E-state index < -0.39 is 5.91 Å². The molecular formula is C10H17N5O2. The lowest BCUT2D eigenvalue weighted by molar-refractivity contribution is 0.0944. The van der Waals surface area contributed by atoms with Gasteiger partial charge in [-0.2, -0.15) is 0 Å². The summed E-state index contributed by atoms with van der Waals surface area (Å²) in [7, 11) is 0. The predicted molar refractivity (Wildman–Crippen MR) is 60.6 cm³/mol. The Morgan fingerprint density at radius 1 is 1.59 bits per heavy atom. The van der Waals surface area contributed by atoms with Crippen LogP contribution in [0.4, 0.5) is 0 Å². The minimum absolute atomic E-state index is 0.205. The largest absolute Gasteiger partial charge is 0.359 e. The summed E-state index contributed by atoms with van der Waals surface area (Å²) in [5.74, 6) is 5.23. The van der Waals surface area contributed by atoms with Crippen LogP contribution >= 0.6 is 0 Å². The van der Waals surface area contributed by atoms with E-state index in [9.17, 15) is 4.79 Å². The van der Waals surface area contributed by atoms with Crippen molar-refractivity contribution in [3.05, 3.63) is 17.5 Å². The number of nitrogens with one attached hydrogen (secondary N) is 1. The van der Waals surface area contributed by atoms with Crippen LogP contribution in [-0.2, 0) is 6.54 Å². The van der Waals surface area contributed by atoms with Crippen molar-refractivity contribution in [2.24, 2.45) is 11.6 Å². The normalized spacial score (nSPS) is 18.2. The lowest BCUT2D eigenvalue weighted by atomic mass is 10.1. The van der Waals surface area contributed by atoms with Crippen molar-refractivity contribution in [3.8, 4) is 0 Å². The fourth-order valence-electron chi connectivity index (χ4n) is 1.90. The van der Waals surface area contributed by atoms with Crippen LogP contribution < -0.4 is 17.0 Å². The first-order valence-electron chi connectivity index (χ1n) is 5.63. The summed E-state index contributed by atoms with van der Waals surface area (Å²) in [4.78, 5) is 13.4. The van der Waals surface area contributed by atoms with Gasteiger partial charge in [0.25, 0.3) is 5.91 Å². The second kappa shape index (κ2) is 5.26. The summed E-state index contributed by atoms with van der Waals surface area (Å²) in [6.45, 7) is 2.54. The van der Waals surface area contributed by atoms with Gasteiger partial charge in [0.1, 0.15) is 0 Å². The smallest absolute Gasteiger partial charge is 0.287 e. The minimum atomic E-state index is -0.444. The number of piperidine rings is 1. The van der Waals surface area contributed by atoms with Gasteiger partial charge < -0.3 is 10.3 Å². The van der Waals surface area contributed by atoms with Gasteiger partial charge in [0, 0.05) is 25.2 Å². The molecule has 17 heavy (non-hydrogen) atoms. The molecule has 1 aromatic rings. The summed E-state index contributed by atoms with van der Waals surface area (Å²) in [6.07, 6.45) is 1.98. The number of rotatable bonds is 3. The van der Waals surface area contributed by atoms with Crippen LogP contribution in [0.2, 0.25) is 0 Å². The summed E-state index contributed by atoms with van der Waals surface area (Å²) >= 11 is 0. The molecule has 0 spiro atoms. The SMILES string of the molecule is NNC(=O)c1cc(CN2CCC(N)CC2)on1. The van der Waals surface area contributed by atoms with Crippen LogP contribution in [0.3, 0.4) is 0 Å². The molecule has 0 aliphatic carbocycles. The Balaban J connectivity index is 1.90. The maximum atomic E-state index is 11.2. The molecule has 1 aromatic heterocycles. The number of hydrogen-bond acceptors (Lipinski definition) is 6. The van der Waals surface area contributed by atoms with Gasteiger partial charge in [-0.05, 0) is 12.8 Å². The van der Waals surface area contributed by atoms with E-state index in [1.165, 1.54) is 0 Å². The van der Waals surface area contributed by atoms with Crippen LogP contribution in [-0.4, -0.2) is 35.1 Å². The molecule has 1 saturated heterocycles. The molecule has 0 unspecified atom stereocenters. The fourth-order valence-corrected chi connectivity index (χ4v) is 1.90. The Kier molecular flexibility index (Phi) is 3.72. The maximum Gasteiger partial charge on any atom is 0.287 e. The zero-order chi connectivity index (χ0) is 12.3. The molecule has 5 N–H and O–H groups in total. The summed E-state index contributed by atoms with van der Waals surface area (Å²) in [6, 6.07) is 1.91. The number of carbonyl (C=O) groups excluding carboxylic acids is 1. The second-order valence-electron chi connectivity index (χ2n) is 4.27. The average Bonchev–Trinajstić information content (AvgIpc) is 2.80. The molecule has 2 heterocycles. The lowest BCUT2D eigenvalue weighted by Crippen LogP contribution is -2.39. The summed E-state index contributed by atoms with van der Waals surface area (Å²) in [5.41, 5.74) is 8.04. The number of hydrogen-bond donors (Lipinski definition) is 3. The highest BCUT2D eigenvalue weighted by atomic mass is 16.5. The first-order chi connectivity index (χ1) is 8.19. The standard InChI is InChI=1S/C10H17N5O2/c11-7-1-3-15(4-2-7)6-8-5-9(14-17-8)10(16)13-12/h5,7H,1-4,6,11-12H2,(H,13,16). The fraction of sp³-hybridized carbons (Fsp3) is 0.600. The van der Waals surface area contributed by atoms with Crippen LogP contribution in [0.15, 0.2) is 10.6 Å². The first-order valence-corrected chi connectivity index (χ1v) is 5.63. The van der Waals surface area contributed by atoms with Crippen molar-refractivity contribution in [2.75, 3.05) is 13.1 Å². The average molecular weight is 239 g/mol. The number of nitrogens with two attached hydrogens (primary N) is 2. The number of amides is 1. The molecule has 0 bridgehead atoms. The highest BCUT2D eigenvalue weighted by Gasteiger charge is 2.18. The Labute approximate surface area is 99.1 Å². The Morgan fingerprint density at radius 3 is 2.94 bits per heavy atom. The number of nitrogen functional groups attached to an aromatic ring is 1. The molecule has 0 saturated carbocycles. The van der Waals surface area contributed by atoms with Crippen LogP contribution in [0.25, 0.3) is 0 Å². The number of carbonyl (C=O) groups is 1. The summed E-state index contributed by atoms with van der Waals surface area (Å²) < 4.78 is 5.08. The highest BCUT2D eigenvalue weighted by molar-refractivity contribution is 5.91. The van der Waals surface area contributed by atoms with Crippen molar-refractivity contribution in [1.29, 1.82) is 0 Å². The molecule has 0 atom stereocenters. The van der Waals surface area contributed by atoms with Crippen molar-refractivity contribution < 1.29 is 9.32 Å². The number of nitrogens with zero attached hydrogens (tertiary/aromatic N) is 2. The zero-order valence-electron chi connectivity index (χ0n) is 9.56. The van der Waals surface area contributed by atoms with Gasteiger partial charge in [-0.25, -0.2) is 5.84 Å². The number of likely N-dealkylation sites (tertiary alicyclic amines) is 1. The van der Waals surface area contributed by atoms with Gasteiger partial charge in [-0.3, -0.25) is 15.1 Å². The molecule has 1 amide bonds. The van der Waals surface area contributed by atoms with Crippen LogP contribution in [0.1, 0.15) is 29.1 Å². The quantitative estimate of drug-likeness (QED) is 0.362. The predicted octanol–water partition coefficient (Wildman–Crippen LogP) is -0.799. The lowest BCUT2D eigenvalue weighted by Gasteiger charge is -2.28. The number of aromatic nitrogens is 1. The first kappa shape index (κ1) is 12.0. The molecule has 94 valence electrons. The third-order valence-corrected chi connectivity index (χ3v) is 2.93. The minimum Gasteiger partial charge on any atom is -0.359 e. The number of hydrazine groups is 1. The Morgan fingerprint density at radius 2 is 2.29 bits per heavy atom. The Hall–Kier alpha value is -1.44. The van der Waals surface area contributed by atoms with E-state index in [1.54, 1.807) is 6.07 Å². The van der Waals surface area contributed by atoms with E-state index in [0.29, 0.717) is 18.3 Å². The van der Waals surface area contributed by atoms with Crippen molar-refractivity contribution in [3.63, 3.8) is 0 Å². The van der Waals surface area contributed by atoms with Gasteiger partial charge in [0.2, 0.25) is 0 Å². The van der Waals surface area contributed by atoms with E-state index in [4.69, 9.17) is 16.1 Å². The molecule has 2 rings (SSSR count). The van der Waals surface area contributed by atoms with Gasteiger partial charge in [-0.1, -0.05) is 5.16 Å². The third kappa shape index (κ3) is 3.02. The van der Waals surface area contributed by atoms with Crippen molar-refractivity contribution in [2.45, 2.75) is 25.4 Å².